The number of nitrogens with one attached hydrogen (secondary N) is 2. The maximum Gasteiger partial charge on any atom is 0.418 e. The van der Waals surface area contributed by atoms with Crippen molar-refractivity contribution < 1.29 is 36.2 Å². The van der Waals surface area contributed by atoms with Crippen LogP contribution in [0.5, 0.6) is 0 Å². The number of aliphatic hydroxyl groups is 1. The van der Waals surface area contributed by atoms with Gasteiger partial charge in [-0.05, 0) is 49.2 Å². The molecule has 0 saturated heterocycles. The van der Waals surface area contributed by atoms with Gasteiger partial charge in [-0.25, -0.2) is 9.97 Å². The zero-order valence-electron chi connectivity index (χ0n) is 19.6. The molecule has 38 heavy (non-hydrogen) atoms. The van der Waals surface area contributed by atoms with Crippen molar-refractivity contribution in [2.45, 2.75) is 18.8 Å². The van der Waals surface area contributed by atoms with Crippen LogP contribution in [0.4, 0.5) is 37.7 Å². The number of halogens is 6. The van der Waals surface area contributed by atoms with E-state index in [4.69, 9.17) is 5.11 Å². The maximum absolute atomic E-state index is 13.8. The second kappa shape index (κ2) is 11.9. The monoisotopic (exact) mass is 537 g/mol. The van der Waals surface area contributed by atoms with E-state index in [1.54, 1.807) is 0 Å². The molecule has 0 radical (unpaired) electrons. The number of nitrogens with zero attached hydrogens (tertiary/aromatic N) is 3. The highest BCUT2D eigenvalue weighted by Crippen LogP contribution is 2.35. The molecule has 3 rings (SSSR count). The highest BCUT2D eigenvalue weighted by molar-refractivity contribution is 5.92. The number of aliphatic hydroxyl groups excluding tert-OH is 1. The highest BCUT2D eigenvalue weighted by Gasteiger charge is 2.35. The summed E-state index contributed by atoms with van der Waals surface area (Å²) in [5.74, 6) is -0.578. The highest BCUT2D eigenvalue weighted by atomic mass is 19.4. The fraction of sp³-hybridized carbons (Fsp3) is 0.200. The number of pyridine rings is 2. The van der Waals surface area contributed by atoms with Gasteiger partial charge in [0.2, 0.25) is 5.91 Å². The SMILES string of the molecule is C=N/C(=C(\C=C/CC(=O)NCCO)C(F)(F)F)c1ccc2c(Nc3ccc(C(F)(F)F)cc3)ccnc2n1. The van der Waals surface area contributed by atoms with E-state index in [0.717, 1.165) is 18.2 Å². The Kier molecular flexibility index (Phi) is 8.84. The van der Waals surface area contributed by atoms with E-state index in [2.05, 4.69) is 32.3 Å². The number of benzene rings is 1. The molecule has 3 N–H and O–H groups in total. The lowest BCUT2D eigenvalue weighted by Crippen LogP contribution is -2.25. The van der Waals surface area contributed by atoms with Crippen LogP contribution >= 0.6 is 0 Å². The molecule has 0 bridgehead atoms. The zero-order valence-corrected chi connectivity index (χ0v) is 19.6. The van der Waals surface area contributed by atoms with E-state index < -0.39 is 35.1 Å². The van der Waals surface area contributed by atoms with Crippen LogP contribution in [0.2, 0.25) is 0 Å². The molecule has 0 aliphatic rings. The number of hydrogen-bond donors (Lipinski definition) is 3. The fourth-order valence-corrected chi connectivity index (χ4v) is 3.33. The summed E-state index contributed by atoms with van der Waals surface area (Å²) >= 11 is 0. The number of rotatable bonds is 9. The van der Waals surface area contributed by atoms with Gasteiger partial charge in [-0.1, -0.05) is 12.2 Å². The van der Waals surface area contributed by atoms with Crippen molar-refractivity contribution in [2.75, 3.05) is 18.5 Å². The van der Waals surface area contributed by atoms with Crippen molar-refractivity contribution in [3.05, 3.63) is 77.6 Å². The number of aliphatic imine (C=N–C) groups is 1. The predicted octanol–water partition coefficient (Wildman–Crippen LogP) is 5.42. The fourth-order valence-electron chi connectivity index (χ4n) is 3.33. The molecule has 3 aromatic rings. The van der Waals surface area contributed by atoms with Gasteiger partial charge in [0, 0.05) is 30.2 Å². The van der Waals surface area contributed by atoms with E-state index in [1.165, 1.54) is 36.5 Å². The van der Waals surface area contributed by atoms with E-state index in [0.29, 0.717) is 22.8 Å². The van der Waals surface area contributed by atoms with Crippen LogP contribution in [0.15, 0.2) is 71.4 Å². The van der Waals surface area contributed by atoms with Crippen molar-refractivity contribution in [3.8, 4) is 0 Å². The summed E-state index contributed by atoms with van der Waals surface area (Å²) in [5.41, 5.74) is -1.97. The van der Waals surface area contributed by atoms with Crippen molar-refractivity contribution in [1.29, 1.82) is 0 Å². The van der Waals surface area contributed by atoms with Gasteiger partial charge in [-0.2, -0.15) is 26.3 Å². The van der Waals surface area contributed by atoms with Crippen molar-refractivity contribution in [1.82, 2.24) is 15.3 Å². The number of carbonyl (C=O) groups excluding carboxylic acids is 1. The summed E-state index contributed by atoms with van der Waals surface area (Å²) in [6, 6.07) is 8.57. The Hall–Kier alpha value is -4.26. The van der Waals surface area contributed by atoms with E-state index >= 15 is 0 Å². The Balaban J connectivity index is 1.95. The number of amides is 1. The summed E-state index contributed by atoms with van der Waals surface area (Å²) < 4.78 is 80.0. The van der Waals surface area contributed by atoms with E-state index in [1.807, 2.05) is 0 Å². The average molecular weight is 537 g/mol. The van der Waals surface area contributed by atoms with Crippen LogP contribution < -0.4 is 10.6 Å². The van der Waals surface area contributed by atoms with Crippen LogP contribution in [0.1, 0.15) is 17.7 Å². The lowest BCUT2D eigenvalue weighted by atomic mass is 10.1. The number of carbonyl (C=O) groups is 1. The second-order valence-corrected chi connectivity index (χ2v) is 7.72. The first-order valence-corrected chi connectivity index (χ1v) is 11.0. The molecule has 0 aliphatic heterocycles. The third-order valence-corrected chi connectivity index (χ3v) is 5.08. The first-order chi connectivity index (χ1) is 17.9. The Morgan fingerprint density at radius 1 is 1.05 bits per heavy atom. The summed E-state index contributed by atoms with van der Waals surface area (Å²) in [5, 5.41) is 14.4. The van der Waals surface area contributed by atoms with Gasteiger partial charge in [-0.3, -0.25) is 9.79 Å². The Morgan fingerprint density at radius 3 is 2.37 bits per heavy atom. The van der Waals surface area contributed by atoms with Gasteiger partial charge >= 0.3 is 12.4 Å². The molecule has 0 saturated carbocycles. The first-order valence-electron chi connectivity index (χ1n) is 11.0. The van der Waals surface area contributed by atoms with Crippen LogP contribution in [0.3, 0.4) is 0 Å². The van der Waals surface area contributed by atoms with Gasteiger partial charge in [-0.15, -0.1) is 0 Å². The molecule has 2 heterocycles. The zero-order chi connectivity index (χ0) is 27.9. The molecular formula is C25H21F6N5O2. The first kappa shape index (κ1) is 28.3. The molecule has 0 unspecified atom stereocenters. The third kappa shape index (κ3) is 7.16. The normalized spacial score (nSPS) is 12.9. The summed E-state index contributed by atoms with van der Waals surface area (Å²) in [7, 11) is 0. The quantitative estimate of drug-likeness (QED) is 0.192. The third-order valence-electron chi connectivity index (χ3n) is 5.08. The Labute approximate surface area is 212 Å². The number of alkyl halides is 6. The number of allylic oxidation sites excluding steroid dienone is 2. The lowest BCUT2D eigenvalue weighted by molar-refractivity contribution is -0.137. The number of fused-ring (bicyclic) bond motifs is 1. The molecule has 0 atom stereocenters. The van der Waals surface area contributed by atoms with Gasteiger partial charge < -0.3 is 15.7 Å². The molecule has 7 nitrogen and oxygen atoms in total. The van der Waals surface area contributed by atoms with Gasteiger partial charge in [0.1, 0.15) is 5.70 Å². The molecule has 0 fully saturated rings. The molecular weight excluding hydrogens is 516 g/mol. The van der Waals surface area contributed by atoms with Crippen LogP contribution in [-0.2, 0) is 11.0 Å². The smallest absolute Gasteiger partial charge is 0.395 e. The van der Waals surface area contributed by atoms with E-state index in [9.17, 15) is 31.1 Å². The molecule has 2 aromatic heterocycles. The van der Waals surface area contributed by atoms with Crippen molar-refractivity contribution in [3.63, 3.8) is 0 Å². The lowest BCUT2D eigenvalue weighted by Gasteiger charge is -2.14. The van der Waals surface area contributed by atoms with Crippen LogP contribution in [-0.4, -0.2) is 47.0 Å². The number of hydrogen-bond acceptors (Lipinski definition) is 6. The standard InChI is InChI=1S/C25H21F6N5O2/c1-32-22(18(25(29,30)31)3-2-4-21(38)33-13-14-37)20-10-9-17-19(11-12-34-23(17)36-20)35-16-7-5-15(6-8-16)24(26,27)28/h2-3,5-12,37H,1,4,13-14H2,(H,33,38)(H,34,35,36)/b3-2-,22-18+. The second-order valence-electron chi connectivity index (χ2n) is 7.72. The van der Waals surface area contributed by atoms with Gasteiger partial charge in [0.25, 0.3) is 0 Å². The minimum atomic E-state index is -4.86. The van der Waals surface area contributed by atoms with Gasteiger partial charge in [0.05, 0.1) is 29.1 Å². The molecule has 0 spiro atoms. The van der Waals surface area contributed by atoms with Crippen molar-refractivity contribution in [2.24, 2.45) is 4.99 Å². The van der Waals surface area contributed by atoms with Crippen LogP contribution in [0, 0.1) is 0 Å². The Bertz CT molecular complexity index is 1370. The number of aromatic nitrogens is 2. The Morgan fingerprint density at radius 2 is 1.76 bits per heavy atom. The van der Waals surface area contributed by atoms with Gasteiger partial charge in [0.15, 0.2) is 5.65 Å². The van der Waals surface area contributed by atoms with Crippen LogP contribution in [0.25, 0.3) is 16.7 Å². The molecule has 200 valence electrons. The molecule has 1 aromatic carbocycles. The molecule has 0 aliphatic carbocycles. The predicted molar refractivity (Wildman–Crippen MR) is 131 cm³/mol. The maximum atomic E-state index is 13.8. The minimum absolute atomic E-state index is 0.0299. The average Bonchev–Trinajstić information content (AvgIpc) is 2.86. The summed E-state index contributed by atoms with van der Waals surface area (Å²) in [6.07, 6.45) is -6.66. The molecule has 13 heteroatoms. The van der Waals surface area contributed by atoms with Crippen molar-refractivity contribution >= 4 is 40.7 Å². The molecule has 1 amide bonds. The largest absolute Gasteiger partial charge is 0.418 e. The minimum Gasteiger partial charge on any atom is -0.395 e. The topological polar surface area (TPSA) is 99.5 Å². The summed E-state index contributed by atoms with van der Waals surface area (Å²) in [6.45, 7) is 2.89. The number of anilines is 2. The summed E-state index contributed by atoms with van der Waals surface area (Å²) in [4.78, 5) is 23.4. The van der Waals surface area contributed by atoms with E-state index in [-0.39, 0.29) is 30.9 Å².